The third-order valence-corrected chi connectivity index (χ3v) is 3.28. The van der Waals surface area contributed by atoms with Gasteiger partial charge in [0, 0.05) is 6.54 Å². The van der Waals surface area contributed by atoms with Crippen LogP contribution in [-0.4, -0.2) is 31.1 Å². The molecule has 3 nitrogen and oxygen atoms in total. The predicted molar refractivity (Wildman–Crippen MR) is 68.6 cm³/mol. The Morgan fingerprint density at radius 3 is 2.78 bits per heavy atom. The first-order chi connectivity index (χ1) is 8.43. The van der Waals surface area contributed by atoms with E-state index < -0.39 is 5.82 Å². The summed E-state index contributed by atoms with van der Waals surface area (Å²) in [5.41, 5.74) is 0.597. The fourth-order valence-electron chi connectivity index (χ4n) is 2.39. The van der Waals surface area contributed by atoms with Gasteiger partial charge in [0.2, 0.25) is 0 Å². The second-order valence-electron chi connectivity index (χ2n) is 5.21. The first kappa shape index (κ1) is 13.0. The van der Waals surface area contributed by atoms with Gasteiger partial charge in [0.15, 0.2) is 5.78 Å². The highest BCUT2D eigenvalue weighted by Crippen LogP contribution is 2.31. The van der Waals surface area contributed by atoms with Gasteiger partial charge >= 0.3 is 0 Å². The van der Waals surface area contributed by atoms with Crippen molar-refractivity contribution in [3.63, 3.8) is 0 Å². The number of ether oxygens (including phenoxy) is 1. The summed E-state index contributed by atoms with van der Waals surface area (Å²) in [6, 6.07) is 4.77. The molecule has 2 rings (SSSR count). The minimum atomic E-state index is -0.456. The minimum absolute atomic E-state index is 0.174. The number of ketones is 1. The number of morpholine rings is 1. The number of carbonyl (C=O) groups is 1. The number of anilines is 1. The van der Waals surface area contributed by atoms with E-state index in [9.17, 15) is 9.18 Å². The Hall–Kier alpha value is -1.42. The molecule has 0 spiro atoms. The van der Waals surface area contributed by atoms with Crippen LogP contribution < -0.4 is 4.90 Å². The van der Waals surface area contributed by atoms with Gasteiger partial charge in [0.1, 0.15) is 5.82 Å². The quantitative estimate of drug-likeness (QED) is 0.757. The summed E-state index contributed by atoms with van der Waals surface area (Å²) in [4.78, 5) is 13.7. The lowest BCUT2D eigenvalue weighted by Crippen LogP contribution is -2.53. The van der Waals surface area contributed by atoms with Gasteiger partial charge < -0.3 is 9.64 Å². The summed E-state index contributed by atoms with van der Waals surface area (Å²) in [6.45, 7) is 7.28. The fourth-order valence-corrected chi connectivity index (χ4v) is 2.39. The van der Waals surface area contributed by atoms with Gasteiger partial charge in [-0.05, 0) is 32.9 Å². The molecular weight excluding hydrogens is 233 g/mol. The number of hydrogen-bond donors (Lipinski definition) is 0. The van der Waals surface area contributed by atoms with E-state index in [2.05, 4.69) is 4.90 Å². The van der Waals surface area contributed by atoms with Gasteiger partial charge in [-0.2, -0.15) is 0 Å². The number of hydrogen-bond acceptors (Lipinski definition) is 3. The number of carbonyl (C=O) groups excluding carboxylic acids is 1. The highest BCUT2D eigenvalue weighted by Gasteiger charge is 2.33. The first-order valence-corrected chi connectivity index (χ1v) is 6.08. The van der Waals surface area contributed by atoms with E-state index in [4.69, 9.17) is 4.74 Å². The number of nitrogens with zero attached hydrogens (tertiary/aromatic N) is 1. The van der Waals surface area contributed by atoms with Crippen LogP contribution in [0.15, 0.2) is 18.2 Å². The lowest BCUT2D eigenvalue weighted by atomic mass is 9.98. The molecule has 1 aromatic carbocycles. The maximum atomic E-state index is 13.8. The minimum Gasteiger partial charge on any atom is -0.377 e. The van der Waals surface area contributed by atoms with Gasteiger partial charge in [-0.15, -0.1) is 0 Å². The van der Waals surface area contributed by atoms with Gasteiger partial charge in [-0.25, -0.2) is 4.39 Å². The normalized spacial score (nSPS) is 18.8. The summed E-state index contributed by atoms with van der Waals surface area (Å²) in [7, 11) is 0. The van der Waals surface area contributed by atoms with Crippen molar-refractivity contribution < 1.29 is 13.9 Å². The zero-order chi connectivity index (χ0) is 13.3. The van der Waals surface area contributed by atoms with Crippen LogP contribution in [0.4, 0.5) is 10.1 Å². The molecule has 0 aromatic heterocycles. The summed E-state index contributed by atoms with van der Waals surface area (Å²) < 4.78 is 19.3. The molecule has 1 fully saturated rings. The van der Waals surface area contributed by atoms with Crippen LogP contribution >= 0.6 is 0 Å². The molecule has 0 amide bonds. The molecule has 1 saturated heterocycles. The van der Waals surface area contributed by atoms with E-state index in [1.165, 1.54) is 13.0 Å². The Morgan fingerprint density at radius 1 is 1.44 bits per heavy atom. The Balaban J connectivity index is 2.50. The lowest BCUT2D eigenvalue weighted by molar-refractivity contribution is 0.0641. The number of rotatable bonds is 2. The van der Waals surface area contributed by atoms with E-state index >= 15 is 0 Å². The van der Waals surface area contributed by atoms with Crippen molar-refractivity contribution in [2.75, 3.05) is 24.7 Å². The smallest absolute Gasteiger partial charge is 0.164 e. The molecule has 0 unspecified atom stereocenters. The van der Waals surface area contributed by atoms with E-state index in [0.29, 0.717) is 25.4 Å². The summed E-state index contributed by atoms with van der Waals surface area (Å²) in [5.74, 6) is -0.701. The van der Waals surface area contributed by atoms with E-state index in [-0.39, 0.29) is 16.9 Å². The Morgan fingerprint density at radius 2 is 2.17 bits per heavy atom. The molecule has 0 atom stereocenters. The number of Topliss-reactive ketones (excluding diaryl/α,β-unsaturated/α-hetero) is 1. The maximum absolute atomic E-state index is 13.8. The molecular formula is C14H18FNO2. The van der Waals surface area contributed by atoms with Crippen LogP contribution in [-0.2, 0) is 4.74 Å². The average Bonchev–Trinajstić information content (AvgIpc) is 2.27. The second kappa shape index (κ2) is 4.69. The molecule has 0 N–H and O–H groups in total. The molecule has 0 radical (unpaired) electrons. The van der Waals surface area contributed by atoms with Crippen LogP contribution in [0.5, 0.6) is 0 Å². The lowest BCUT2D eigenvalue weighted by Gasteiger charge is -2.44. The van der Waals surface area contributed by atoms with Gasteiger partial charge in [0.25, 0.3) is 0 Å². The SMILES string of the molecule is CC(=O)c1c(F)cccc1N1CCOCC1(C)C. The van der Waals surface area contributed by atoms with E-state index in [1.807, 2.05) is 13.8 Å². The zero-order valence-electron chi connectivity index (χ0n) is 11.0. The Labute approximate surface area is 107 Å². The second-order valence-corrected chi connectivity index (χ2v) is 5.21. The predicted octanol–water partition coefficient (Wildman–Crippen LogP) is 2.64. The van der Waals surface area contributed by atoms with Crippen LogP contribution in [0.1, 0.15) is 31.1 Å². The standard InChI is InChI=1S/C14H18FNO2/c1-10(17)13-11(15)5-4-6-12(13)16-7-8-18-9-14(16,2)3/h4-6H,7-9H2,1-3H3. The Bertz CT molecular complexity index is 471. The van der Waals surface area contributed by atoms with Gasteiger partial charge in [0.05, 0.1) is 30.0 Å². The van der Waals surface area contributed by atoms with Crippen molar-refractivity contribution in [3.8, 4) is 0 Å². The molecule has 4 heteroatoms. The molecule has 1 aromatic rings. The molecule has 0 bridgehead atoms. The summed E-state index contributed by atoms with van der Waals surface area (Å²) in [6.07, 6.45) is 0. The van der Waals surface area contributed by atoms with Crippen molar-refractivity contribution >= 4 is 11.5 Å². The van der Waals surface area contributed by atoms with Crippen LogP contribution in [0.2, 0.25) is 0 Å². The molecule has 98 valence electrons. The molecule has 1 aliphatic rings. The van der Waals surface area contributed by atoms with Crippen LogP contribution in [0, 0.1) is 5.82 Å². The van der Waals surface area contributed by atoms with Crippen molar-refractivity contribution in [2.24, 2.45) is 0 Å². The van der Waals surface area contributed by atoms with Crippen molar-refractivity contribution in [1.29, 1.82) is 0 Å². The maximum Gasteiger partial charge on any atom is 0.164 e. The number of benzene rings is 1. The van der Waals surface area contributed by atoms with Gasteiger partial charge in [-0.3, -0.25) is 4.79 Å². The topological polar surface area (TPSA) is 29.5 Å². The highest BCUT2D eigenvalue weighted by molar-refractivity contribution is 6.00. The van der Waals surface area contributed by atoms with Crippen LogP contribution in [0.25, 0.3) is 0 Å². The molecule has 0 saturated carbocycles. The zero-order valence-corrected chi connectivity index (χ0v) is 11.0. The van der Waals surface area contributed by atoms with Crippen molar-refractivity contribution in [1.82, 2.24) is 0 Å². The number of halogens is 1. The van der Waals surface area contributed by atoms with Crippen molar-refractivity contribution in [2.45, 2.75) is 26.3 Å². The van der Waals surface area contributed by atoms with Crippen molar-refractivity contribution in [3.05, 3.63) is 29.6 Å². The van der Waals surface area contributed by atoms with E-state index in [1.54, 1.807) is 12.1 Å². The fraction of sp³-hybridized carbons (Fsp3) is 0.500. The Kier molecular flexibility index (Phi) is 3.39. The monoisotopic (exact) mass is 251 g/mol. The largest absolute Gasteiger partial charge is 0.377 e. The van der Waals surface area contributed by atoms with Crippen LogP contribution in [0.3, 0.4) is 0 Å². The summed E-state index contributed by atoms with van der Waals surface area (Å²) >= 11 is 0. The third kappa shape index (κ3) is 2.25. The highest BCUT2D eigenvalue weighted by atomic mass is 19.1. The molecule has 0 aliphatic carbocycles. The first-order valence-electron chi connectivity index (χ1n) is 6.08. The molecule has 1 heterocycles. The van der Waals surface area contributed by atoms with E-state index in [0.717, 1.165) is 0 Å². The third-order valence-electron chi connectivity index (χ3n) is 3.28. The molecule has 1 aliphatic heterocycles. The summed E-state index contributed by atoms with van der Waals surface area (Å²) in [5, 5.41) is 0. The molecule has 18 heavy (non-hydrogen) atoms. The van der Waals surface area contributed by atoms with Gasteiger partial charge in [-0.1, -0.05) is 6.07 Å². The average molecular weight is 251 g/mol.